The lowest BCUT2D eigenvalue weighted by Crippen LogP contribution is -2.46. The Labute approximate surface area is 217 Å². The lowest BCUT2D eigenvalue weighted by Gasteiger charge is -2.27. The highest BCUT2D eigenvalue weighted by Gasteiger charge is 2.46. The molecule has 2 unspecified atom stereocenters. The number of aromatic nitrogens is 2. The van der Waals surface area contributed by atoms with Crippen molar-refractivity contribution in [1.82, 2.24) is 30.8 Å². The van der Waals surface area contributed by atoms with Gasteiger partial charge in [-0.3, -0.25) is 34.1 Å². The molecule has 6 N–H and O–H groups in total. The number of rotatable bonds is 12. The zero-order valence-corrected chi connectivity index (χ0v) is 22.2. The second-order valence-electron chi connectivity index (χ2n) is 7.49. The van der Waals surface area contributed by atoms with Gasteiger partial charge in [-0.05, 0) is 17.5 Å². The van der Waals surface area contributed by atoms with Gasteiger partial charge < -0.3 is 29.7 Å². The highest BCUT2D eigenvalue weighted by Crippen LogP contribution is 2.50. The molecule has 1 aromatic rings. The average Bonchev–Trinajstić information content (AvgIpc) is 2.83. The van der Waals surface area contributed by atoms with Crippen molar-refractivity contribution >= 4 is 51.6 Å². The Hall–Kier alpha value is -2.01. The van der Waals surface area contributed by atoms with Gasteiger partial charge in [0.25, 0.3) is 11.1 Å². The van der Waals surface area contributed by atoms with Crippen LogP contribution in [0.2, 0.25) is 0 Å². The smallest absolute Gasteiger partial charge is 0.409 e. The van der Waals surface area contributed by atoms with Gasteiger partial charge in [-0.25, -0.2) is 4.98 Å². The number of hydrogen-bond donors (Lipinski definition) is 6. The molecule has 0 radical (unpaired) electrons. The minimum atomic E-state index is -4.95. The summed E-state index contributed by atoms with van der Waals surface area (Å²) in [6, 6.07) is 0. The van der Waals surface area contributed by atoms with Gasteiger partial charge in [-0.2, -0.15) is 4.89 Å². The SMILES string of the molecule is O=C(CNC(=O)c1cnccn1)NCB1OCCN(CCCSC(=O)NC([P+](=O)O)P(=O)(O)O)CCO1. The molecule has 0 bridgehead atoms. The van der Waals surface area contributed by atoms with Crippen molar-refractivity contribution < 1.29 is 47.5 Å². The fourth-order valence-corrected chi connectivity index (χ4v) is 5.30. The summed E-state index contributed by atoms with van der Waals surface area (Å²) in [5.74, 6) is -0.622. The van der Waals surface area contributed by atoms with Crippen molar-refractivity contribution in [2.75, 3.05) is 51.6 Å². The lowest BCUT2D eigenvalue weighted by atomic mass is 9.90. The van der Waals surface area contributed by atoms with Crippen molar-refractivity contribution in [2.24, 2.45) is 0 Å². The van der Waals surface area contributed by atoms with E-state index in [1.54, 1.807) is 0 Å². The van der Waals surface area contributed by atoms with E-state index in [-0.39, 0.29) is 18.7 Å². The number of carbonyl (C=O) groups is 3. The first-order chi connectivity index (χ1) is 17.6. The zero-order valence-electron chi connectivity index (χ0n) is 19.6. The molecule has 0 aliphatic carbocycles. The first-order valence-electron chi connectivity index (χ1n) is 11.0. The molecule has 1 fully saturated rings. The van der Waals surface area contributed by atoms with Crippen LogP contribution in [0.1, 0.15) is 16.9 Å². The van der Waals surface area contributed by atoms with Gasteiger partial charge in [-0.1, -0.05) is 11.8 Å². The van der Waals surface area contributed by atoms with E-state index in [1.165, 1.54) is 18.6 Å². The third-order valence-corrected chi connectivity index (χ3v) is 8.40. The molecular formula is C17H28BN6O10P2S+. The maximum atomic E-state index is 12.0. The molecule has 16 nitrogen and oxygen atoms in total. The van der Waals surface area contributed by atoms with Crippen molar-refractivity contribution in [3.63, 3.8) is 0 Å². The quantitative estimate of drug-likeness (QED) is 0.0961. The molecule has 0 spiro atoms. The van der Waals surface area contributed by atoms with Gasteiger partial charge in [0.15, 0.2) is 0 Å². The summed E-state index contributed by atoms with van der Waals surface area (Å²) in [4.78, 5) is 72.4. The first kappa shape index (κ1) is 31.2. The lowest BCUT2D eigenvalue weighted by molar-refractivity contribution is -0.119. The van der Waals surface area contributed by atoms with Crippen molar-refractivity contribution in [1.29, 1.82) is 0 Å². The second kappa shape index (κ2) is 16.1. The largest absolute Gasteiger partial charge is 0.544 e. The van der Waals surface area contributed by atoms with Gasteiger partial charge in [0.1, 0.15) is 5.69 Å². The minimum Gasteiger partial charge on any atom is -0.409 e. The van der Waals surface area contributed by atoms with Gasteiger partial charge in [0.05, 0.1) is 19.2 Å². The Morgan fingerprint density at radius 2 is 1.92 bits per heavy atom. The summed E-state index contributed by atoms with van der Waals surface area (Å²) in [5, 5.41) is 6.14. The standard InChI is InChI=1S/C17H27BN6O10P2S/c25-14(11-21-15(26)13-10-19-2-3-20-13)22-12-18-33-7-5-24(6-8-34-18)4-1-9-37-16(27)23-17(35(28)29)36(30,31)32/h2-3,10,17H,1,4-9,11-12H2,(H5-,21,22,23,25,26,27,28,29,30,31,32)/p+1. The van der Waals surface area contributed by atoms with Crippen LogP contribution < -0.4 is 16.0 Å². The Kier molecular flexibility index (Phi) is 13.6. The van der Waals surface area contributed by atoms with Crippen LogP contribution in [0.5, 0.6) is 0 Å². The fraction of sp³-hybridized carbons (Fsp3) is 0.588. The van der Waals surface area contributed by atoms with Crippen molar-refractivity contribution in [3.05, 3.63) is 24.3 Å². The van der Waals surface area contributed by atoms with Crippen LogP contribution in [0.25, 0.3) is 0 Å². The molecule has 1 aliphatic heterocycles. The van der Waals surface area contributed by atoms with E-state index >= 15 is 0 Å². The summed E-state index contributed by atoms with van der Waals surface area (Å²) in [6.07, 6.45) is 4.74. The summed E-state index contributed by atoms with van der Waals surface area (Å²) in [6.45, 7) is 2.14. The highest BCUT2D eigenvalue weighted by atomic mass is 32.2. The summed E-state index contributed by atoms with van der Waals surface area (Å²) < 4.78 is 33.4. The van der Waals surface area contributed by atoms with E-state index in [9.17, 15) is 23.5 Å². The van der Waals surface area contributed by atoms with Crippen molar-refractivity contribution in [2.45, 2.75) is 11.9 Å². The maximum Gasteiger partial charge on any atom is 0.544 e. The fourth-order valence-electron chi connectivity index (χ4n) is 2.92. The third-order valence-electron chi connectivity index (χ3n) is 4.72. The van der Waals surface area contributed by atoms with Gasteiger partial charge in [-0.15, -0.1) is 0 Å². The molecule has 2 atom stereocenters. The molecule has 2 heterocycles. The number of nitrogens with one attached hydrogen (secondary N) is 3. The summed E-state index contributed by atoms with van der Waals surface area (Å²) in [7, 11) is -8.88. The first-order valence-corrected chi connectivity index (χ1v) is 14.9. The van der Waals surface area contributed by atoms with E-state index in [0.29, 0.717) is 45.0 Å². The van der Waals surface area contributed by atoms with Crippen LogP contribution in [0.15, 0.2) is 18.6 Å². The predicted octanol–water partition coefficient (Wildman–Crippen LogP) is -1.27. The number of carbonyl (C=O) groups excluding carboxylic acids is 3. The third kappa shape index (κ3) is 12.4. The van der Waals surface area contributed by atoms with E-state index in [0.717, 1.165) is 11.8 Å². The zero-order chi connectivity index (χ0) is 27.3. The Morgan fingerprint density at radius 1 is 1.22 bits per heavy atom. The molecule has 0 aromatic carbocycles. The van der Waals surface area contributed by atoms with Crippen LogP contribution in [0.4, 0.5) is 4.79 Å². The van der Waals surface area contributed by atoms with Gasteiger partial charge in [0, 0.05) is 44.4 Å². The number of amides is 3. The molecule has 2 rings (SSSR count). The van der Waals surface area contributed by atoms with Crippen LogP contribution in [0, 0.1) is 0 Å². The van der Waals surface area contributed by atoms with Crippen LogP contribution >= 0.6 is 27.4 Å². The Morgan fingerprint density at radius 3 is 2.51 bits per heavy atom. The molecule has 1 aromatic heterocycles. The van der Waals surface area contributed by atoms with Gasteiger partial charge in [0.2, 0.25) is 5.91 Å². The Balaban J connectivity index is 1.58. The van der Waals surface area contributed by atoms with E-state index < -0.39 is 45.3 Å². The maximum absolute atomic E-state index is 12.0. The van der Waals surface area contributed by atoms with Gasteiger partial charge >= 0.3 is 28.3 Å². The van der Waals surface area contributed by atoms with E-state index in [4.69, 9.17) is 24.0 Å². The number of thioether (sulfide) groups is 1. The van der Waals surface area contributed by atoms with E-state index in [2.05, 4.69) is 20.6 Å². The molecule has 0 saturated carbocycles. The molecular weight excluding hydrogens is 553 g/mol. The second-order valence-corrected chi connectivity index (χ2v) is 11.8. The number of nitrogens with zero attached hydrogens (tertiary/aromatic N) is 3. The predicted molar refractivity (Wildman–Crippen MR) is 133 cm³/mol. The summed E-state index contributed by atoms with van der Waals surface area (Å²) in [5.41, 5.74) is -2.03. The van der Waals surface area contributed by atoms with Crippen LogP contribution in [-0.2, 0) is 23.2 Å². The molecule has 37 heavy (non-hydrogen) atoms. The van der Waals surface area contributed by atoms with E-state index in [1.807, 2.05) is 10.2 Å². The normalized spacial score (nSPS) is 16.2. The topological polar surface area (TPSA) is 230 Å². The molecule has 20 heteroatoms. The monoisotopic (exact) mass is 581 g/mol. The minimum absolute atomic E-state index is 0.0978. The summed E-state index contributed by atoms with van der Waals surface area (Å²) >= 11 is 0.755. The van der Waals surface area contributed by atoms with Crippen molar-refractivity contribution in [3.8, 4) is 0 Å². The molecule has 3 amide bonds. The molecule has 204 valence electrons. The van der Waals surface area contributed by atoms with Crippen LogP contribution in [-0.4, -0.2) is 111 Å². The molecule has 1 aliphatic rings. The van der Waals surface area contributed by atoms with Crippen LogP contribution in [0.3, 0.4) is 0 Å². The highest BCUT2D eigenvalue weighted by molar-refractivity contribution is 8.13. The Bertz CT molecular complexity index is 967. The molecule has 1 saturated heterocycles. The average molecular weight is 581 g/mol. The number of hydrogen-bond acceptors (Lipinski definition) is 11.